The summed E-state index contributed by atoms with van der Waals surface area (Å²) in [4.78, 5) is 5.35. The van der Waals surface area contributed by atoms with Crippen molar-refractivity contribution < 1.29 is 13.9 Å². The van der Waals surface area contributed by atoms with Crippen LogP contribution in [-0.2, 0) is 6.42 Å². The maximum absolute atomic E-state index is 14.2. The fourth-order valence-corrected chi connectivity index (χ4v) is 3.51. The molecule has 2 N–H and O–H groups in total. The third-order valence-electron chi connectivity index (χ3n) is 4.72. The lowest BCUT2D eigenvalue weighted by Gasteiger charge is -2.41. The van der Waals surface area contributed by atoms with Crippen LogP contribution in [0.1, 0.15) is 38.1 Å². The van der Waals surface area contributed by atoms with Gasteiger partial charge in [-0.1, -0.05) is 0 Å². The van der Waals surface area contributed by atoms with Crippen molar-refractivity contribution in [3.63, 3.8) is 0 Å². The lowest BCUT2D eigenvalue weighted by molar-refractivity contribution is 0.0133. The Morgan fingerprint density at radius 3 is 2.82 bits per heavy atom. The van der Waals surface area contributed by atoms with Crippen LogP contribution >= 0.6 is 0 Å². The molecule has 1 aliphatic rings. The van der Waals surface area contributed by atoms with Crippen molar-refractivity contribution in [1.29, 1.82) is 0 Å². The van der Waals surface area contributed by atoms with Crippen molar-refractivity contribution >= 4 is 10.9 Å². The van der Waals surface area contributed by atoms with Gasteiger partial charge in [0, 0.05) is 35.2 Å². The van der Waals surface area contributed by atoms with Crippen molar-refractivity contribution in [3.05, 3.63) is 35.3 Å². The van der Waals surface area contributed by atoms with Crippen molar-refractivity contribution in [1.82, 2.24) is 9.88 Å². The van der Waals surface area contributed by atoms with Crippen LogP contribution < -0.4 is 0 Å². The van der Waals surface area contributed by atoms with Gasteiger partial charge in [0.15, 0.2) is 0 Å². The van der Waals surface area contributed by atoms with E-state index in [9.17, 15) is 13.9 Å². The minimum Gasteiger partial charge on any atom is -0.393 e. The zero-order valence-corrected chi connectivity index (χ0v) is 13.2. The monoisotopic (exact) mass is 308 g/mol. The molecule has 0 fully saturated rings. The van der Waals surface area contributed by atoms with E-state index in [-0.39, 0.29) is 24.4 Å². The highest BCUT2D eigenvalue weighted by Crippen LogP contribution is 2.37. The third-order valence-corrected chi connectivity index (χ3v) is 4.72. The first-order valence-corrected chi connectivity index (χ1v) is 7.68. The number of alkyl halides is 1. The van der Waals surface area contributed by atoms with Gasteiger partial charge < -0.3 is 10.1 Å². The number of benzene rings is 1. The minimum atomic E-state index is -1.63. The molecular formula is C17H22F2N2O. The molecule has 0 saturated heterocycles. The standard InChI is InChI=1S/C17H22F2N2O/c1-10-6-14-13-5-4-12(18)7-15(13)20-16(14)11(2)21(10)8-17(3,19)9-22/h4-5,7,10-11,20,22H,6,8-9H2,1-3H3. The van der Waals surface area contributed by atoms with E-state index in [1.165, 1.54) is 24.6 Å². The summed E-state index contributed by atoms with van der Waals surface area (Å²) in [5, 5.41) is 10.2. The largest absolute Gasteiger partial charge is 0.393 e. The highest BCUT2D eigenvalue weighted by molar-refractivity contribution is 5.85. The number of nitrogens with zero attached hydrogens (tertiary/aromatic N) is 1. The van der Waals surface area contributed by atoms with Crippen LogP contribution in [0.2, 0.25) is 0 Å². The maximum atomic E-state index is 14.2. The van der Waals surface area contributed by atoms with Crippen LogP contribution in [0.15, 0.2) is 18.2 Å². The Bertz CT molecular complexity index is 695. The van der Waals surface area contributed by atoms with E-state index in [0.717, 1.165) is 23.0 Å². The molecule has 0 spiro atoms. The second kappa shape index (κ2) is 5.32. The normalized spacial score (nSPS) is 25.2. The second-order valence-corrected chi connectivity index (χ2v) is 6.68. The maximum Gasteiger partial charge on any atom is 0.143 e. The predicted molar refractivity (Wildman–Crippen MR) is 83.1 cm³/mol. The van der Waals surface area contributed by atoms with Crippen molar-refractivity contribution in [2.24, 2.45) is 0 Å². The predicted octanol–water partition coefficient (Wildman–Crippen LogP) is 3.34. The number of aliphatic hydroxyl groups excluding tert-OH is 1. The first-order chi connectivity index (χ1) is 10.3. The number of aliphatic hydroxyl groups is 1. The molecular weight excluding hydrogens is 286 g/mol. The SMILES string of the molecule is CC1Cc2c([nH]c3cc(F)ccc23)C(C)N1CC(C)(F)CO. The lowest BCUT2D eigenvalue weighted by atomic mass is 9.92. The minimum absolute atomic E-state index is 0.00386. The number of fused-ring (bicyclic) bond motifs is 3. The summed E-state index contributed by atoms with van der Waals surface area (Å²) in [6.07, 6.45) is 0.785. The third kappa shape index (κ3) is 2.52. The fraction of sp³-hybridized carbons (Fsp3) is 0.529. The van der Waals surface area contributed by atoms with Crippen molar-refractivity contribution in [2.75, 3.05) is 13.2 Å². The lowest BCUT2D eigenvalue weighted by Crippen LogP contribution is -2.48. The second-order valence-electron chi connectivity index (χ2n) is 6.68. The summed E-state index contributed by atoms with van der Waals surface area (Å²) in [7, 11) is 0. The topological polar surface area (TPSA) is 39.3 Å². The molecule has 0 bridgehead atoms. The Morgan fingerprint density at radius 2 is 2.14 bits per heavy atom. The van der Waals surface area contributed by atoms with E-state index in [1.54, 1.807) is 0 Å². The van der Waals surface area contributed by atoms with E-state index in [2.05, 4.69) is 16.8 Å². The van der Waals surface area contributed by atoms with E-state index in [0.29, 0.717) is 0 Å². The summed E-state index contributed by atoms with van der Waals surface area (Å²) >= 11 is 0. The molecule has 3 unspecified atom stereocenters. The Balaban J connectivity index is 2.00. The summed E-state index contributed by atoms with van der Waals surface area (Å²) in [6.45, 7) is 5.19. The van der Waals surface area contributed by atoms with Gasteiger partial charge in [0.25, 0.3) is 0 Å². The molecule has 0 amide bonds. The quantitative estimate of drug-likeness (QED) is 0.913. The Morgan fingerprint density at radius 1 is 1.41 bits per heavy atom. The number of hydrogen-bond donors (Lipinski definition) is 2. The highest BCUT2D eigenvalue weighted by atomic mass is 19.1. The molecule has 0 aliphatic carbocycles. The van der Waals surface area contributed by atoms with E-state index in [4.69, 9.17) is 0 Å². The zero-order valence-electron chi connectivity index (χ0n) is 13.2. The molecule has 0 radical (unpaired) electrons. The van der Waals surface area contributed by atoms with Crippen LogP contribution in [0.5, 0.6) is 0 Å². The summed E-state index contributed by atoms with van der Waals surface area (Å²) < 4.78 is 27.6. The van der Waals surface area contributed by atoms with Gasteiger partial charge in [-0.15, -0.1) is 0 Å². The van der Waals surface area contributed by atoms with Gasteiger partial charge in [0.2, 0.25) is 0 Å². The van der Waals surface area contributed by atoms with Gasteiger partial charge in [-0.25, -0.2) is 8.78 Å². The van der Waals surface area contributed by atoms with Crippen LogP contribution in [0.25, 0.3) is 10.9 Å². The van der Waals surface area contributed by atoms with Crippen molar-refractivity contribution in [2.45, 2.75) is 44.9 Å². The van der Waals surface area contributed by atoms with Crippen LogP contribution in [0.4, 0.5) is 8.78 Å². The molecule has 0 saturated carbocycles. The fourth-order valence-electron chi connectivity index (χ4n) is 3.51. The molecule has 5 heteroatoms. The van der Waals surface area contributed by atoms with E-state index >= 15 is 0 Å². The van der Waals surface area contributed by atoms with E-state index < -0.39 is 12.3 Å². The van der Waals surface area contributed by atoms with Gasteiger partial charge in [-0.3, -0.25) is 4.90 Å². The van der Waals surface area contributed by atoms with E-state index in [1.807, 2.05) is 13.0 Å². The first-order valence-electron chi connectivity index (χ1n) is 7.68. The zero-order chi connectivity index (χ0) is 16.1. The molecule has 3 rings (SSSR count). The molecule has 1 aliphatic heterocycles. The molecule has 2 aromatic rings. The first kappa shape index (κ1) is 15.4. The number of aromatic nitrogens is 1. The number of aromatic amines is 1. The van der Waals surface area contributed by atoms with Gasteiger partial charge in [-0.05, 0) is 51.0 Å². The summed E-state index contributed by atoms with van der Waals surface area (Å²) in [5.41, 5.74) is 1.37. The Hall–Kier alpha value is -1.46. The van der Waals surface area contributed by atoms with Crippen LogP contribution in [-0.4, -0.2) is 39.9 Å². The summed E-state index contributed by atoms with van der Waals surface area (Å²) in [6, 6.07) is 4.94. The number of rotatable bonds is 3. The van der Waals surface area contributed by atoms with Gasteiger partial charge in [0.1, 0.15) is 11.5 Å². The van der Waals surface area contributed by atoms with Crippen LogP contribution in [0.3, 0.4) is 0 Å². The number of halogens is 2. The Labute approximate surface area is 128 Å². The smallest absolute Gasteiger partial charge is 0.143 e. The Kier molecular flexibility index (Phi) is 3.73. The molecule has 1 aromatic carbocycles. The average Bonchev–Trinajstić information content (AvgIpc) is 2.81. The van der Waals surface area contributed by atoms with Crippen LogP contribution in [0, 0.1) is 5.82 Å². The number of H-pyrrole nitrogens is 1. The van der Waals surface area contributed by atoms with Crippen molar-refractivity contribution in [3.8, 4) is 0 Å². The number of hydrogen-bond acceptors (Lipinski definition) is 2. The van der Waals surface area contributed by atoms with Gasteiger partial charge in [0.05, 0.1) is 6.61 Å². The number of nitrogens with one attached hydrogen (secondary N) is 1. The molecule has 3 nitrogen and oxygen atoms in total. The molecule has 120 valence electrons. The average molecular weight is 308 g/mol. The molecule has 3 atom stereocenters. The van der Waals surface area contributed by atoms with Gasteiger partial charge >= 0.3 is 0 Å². The molecule has 22 heavy (non-hydrogen) atoms. The molecule has 2 heterocycles. The van der Waals surface area contributed by atoms with Gasteiger partial charge in [-0.2, -0.15) is 0 Å². The summed E-state index contributed by atoms with van der Waals surface area (Å²) in [5.74, 6) is -0.264. The highest BCUT2D eigenvalue weighted by Gasteiger charge is 2.36. The molecule has 1 aromatic heterocycles.